The smallest absolute Gasteiger partial charge is 0.189 e. The highest BCUT2D eigenvalue weighted by molar-refractivity contribution is 5.75. The number of fused-ring (bicyclic) bond motifs is 1. The van der Waals surface area contributed by atoms with Crippen LogP contribution in [0.25, 0.3) is 5.57 Å². The van der Waals surface area contributed by atoms with Gasteiger partial charge in [0.2, 0.25) is 0 Å². The molecule has 1 aliphatic heterocycles. The molecular formula is C19H28O2. The summed E-state index contributed by atoms with van der Waals surface area (Å²) in [6.45, 7) is 13.8. The lowest BCUT2D eigenvalue weighted by atomic mass is 9.80. The Morgan fingerprint density at radius 3 is 2.19 bits per heavy atom. The van der Waals surface area contributed by atoms with E-state index in [-0.39, 0.29) is 6.10 Å². The Bertz CT molecular complexity index is 512. The lowest BCUT2D eigenvalue weighted by Crippen LogP contribution is -2.30. The van der Waals surface area contributed by atoms with E-state index in [0.717, 1.165) is 5.75 Å². The Kier molecular flexibility index (Phi) is 5.10. The molecule has 0 spiro atoms. The average Bonchev–Trinajstić information content (AvgIpc) is 2.38. The van der Waals surface area contributed by atoms with E-state index in [9.17, 15) is 0 Å². The predicted molar refractivity (Wildman–Crippen MR) is 88.2 cm³/mol. The van der Waals surface area contributed by atoms with E-state index in [0.29, 0.717) is 24.5 Å². The maximum atomic E-state index is 6.08. The molecule has 2 nitrogen and oxygen atoms in total. The second kappa shape index (κ2) is 6.65. The first kappa shape index (κ1) is 16.1. The fraction of sp³-hybridized carbons (Fsp3) is 0.579. The van der Waals surface area contributed by atoms with Crippen LogP contribution in [0.4, 0.5) is 0 Å². The quantitative estimate of drug-likeness (QED) is 0.766. The van der Waals surface area contributed by atoms with Gasteiger partial charge in [-0.05, 0) is 35.0 Å². The summed E-state index contributed by atoms with van der Waals surface area (Å²) in [6.07, 6.45) is 0.121. The van der Waals surface area contributed by atoms with E-state index in [2.05, 4.69) is 53.7 Å². The molecule has 1 aliphatic rings. The van der Waals surface area contributed by atoms with Crippen LogP contribution in [0.5, 0.6) is 5.75 Å². The molecule has 0 saturated heterocycles. The Morgan fingerprint density at radius 1 is 0.952 bits per heavy atom. The van der Waals surface area contributed by atoms with Crippen molar-refractivity contribution < 1.29 is 9.47 Å². The van der Waals surface area contributed by atoms with Crippen molar-refractivity contribution in [2.24, 2.45) is 17.8 Å². The third-order valence-corrected chi connectivity index (χ3v) is 4.06. The zero-order valence-corrected chi connectivity index (χ0v) is 14.1. The van der Waals surface area contributed by atoms with Gasteiger partial charge < -0.3 is 9.47 Å². The fourth-order valence-corrected chi connectivity index (χ4v) is 3.22. The van der Waals surface area contributed by atoms with Gasteiger partial charge in [-0.3, -0.25) is 0 Å². The molecule has 0 radical (unpaired) electrons. The van der Waals surface area contributed by atoms with Gasteiger partial charge in [-0.25, -0.2) is 0 Å². The van der Waals surface area contributed by atoms with Gasteiger partial charge in [0.1, 0.15) is 5.75 Å². The molecule has 0 amide bonds. The third-order valence-electron chi connectivity index (χ3n) is 4.06. The SMILES string of the molecule is CC(C)/C1=C(\C(C)C)[C@@H](C(C)C)OCOc2ccccc21. The molecule has 0 fully saturated rings. The summed E-state index contributed by atoms with van der Waals surface area (Å²) < 4.78 is 11.9. The average molecular weight is 288 g/mol. The molecule has 0 unspecified atom stereocenters. The standard InChI is InChI=1S/C19H28O2/c1-12(2)17-15-9-7-8-10-16(15)20-11-21-19(14(5)6)18(17)13(3)4/h7-10,12-14,19H,11H2,1-6H3/b18-17-/t19-/m1/s1. The number of ether oxygens (including phenoxy) is 2. The van der Waals surface area contributed by atoms with E-state index >= 15 is 0 Å². The molecular weight excluding hydrogens is 260 g/mol. The van der Waals surface area contributed by atoms with Crippen molar-refractivity contribution in [2.75, 3.05) is 6.79 Å². The molecule has 0 aromatic heterocycles. The molecule has 21 heavy (non-hydrogen) atoms. The summed E-state index contributed by atoms with van der Waals surface area (Å²) in [6, 6.07) is 8.33. The normalized spacial score (nSPS) is 23.0. The van der Waals surface area contributed by atoms with E-state index in [1.54, 1.807) is 0 Å². The van der Waals surface area contributed by atoms with Crippen LogP contribution in [0.1, 0.15) is 47.1 Å². The van der Waals surface area contributed by atoms with Crippen molar-refractivity contribution in [1.29, 1.82) is 0 Å². The Labute approximate surface area is 129 Å². The minimum Gasteiger partial charge on any atom is -0.467 e. The second-order valence-corrected chi connectivity index (χ2v) is 6.77. The monoisotopic (exact) mass is 288 g/mol. The van der Waals surface area contributed by atoms with Gasteiger partial charge in [0.05, 0.1) is 6.10 Å². The summed E-state index contributed by atoms with van der Waals surface area (Å²) in [4.78, 5) is 0. The van der Waals surface area contributed by atoms with Crippen LogP contribution < -0.4 is 4.74 Å². The Hall–Kier alpha value is -1.28. The highest BCUT2D eigenvalue weighted by Gasteiger charge is 2.29. The van der Waals surface area contributed by atoms with Crippen molar-refractivity contribution in [2.45, 2.75) is 47.6 Å². The molecule has 116 valence electrons. The van der Waals surface area contributed by atoms with Gasteiger partial charge in [-0.15, -0.1) is 0 Å². The highest BCUT2D eigenvalue weighted by atomic mass is 16.7. The molecule has 0 aliphatic carbocycles. The van der Waals surface area contributed by atoms with Crippen LogP contribution in [0, 0.1) is 17.8 Å². The molecule has 0 N–H and O–H groups in total. The van der Waals surface area contributed by atoms with Gasteiger partial charge in [-0.1, -0.05) is 59.7 Å². The first-order chi connectivity index (χ1) is 9.93. The van der Waals surface area contributed by atoms with Gasteiger partial charge in [0.25, 0.3) is 0 Å². The summed E-state index contributed by atoms with van der Waals surface area (Å²) in [7, 11) is 0. The number of allylic oxidation sites excluding steroid dienone is 1. The number of hydrogen-bond donors (Lipinski definition) is 0. The molecule has 1 aromatic rings. The minimum absolute atomic E-state index is 0.121. The molecule has 2 heteroatoms. The van der Waals surface area contributed by atoms with Crippen LogP contribution in [0.3, 0.4) is 0 Å². The fourth-order valence-electron chi connectivity index (χ4n) is 3.22. The van der Waals surface area contributed by atoms with Crippen LogP contribution in [-0.4, -0.2) is 12.9 Å². The zero-order valence-electron chi connectivity index (χ0n) is 14.1. The van der Waals surface area contributed by atoms with E-state index in [1.807, 2.05) is 12.1 Å². The second-order valence-electron chi connectivity index (χ2n) is 6.77. The maximum Gasteiger partial charge on any atom is 0.189 e. The van der Waals surface area contributed by atoms with Crippen LogP contribution in [0.2, 0.25) is 0 Å². The number of para-hydroxylation sites is 1. The Balaban J connectivity index is 2.71. The van der Waals surface area contributed by atoms with Crippen molar-refractivity contribution in [1.82, 2.24) is 0 Å². The minimum atomic E-state index is 0.121. The van der Waals surface area contributed by atoms with Crippen LogP contribution >= 0.6 is 0 Å². The lowest BCUT2D eigenvalue weighted by molar-refractivity contribution is -0.0426. The molecule has 1 atom stereocenters. The van der Waals surface area contributed by atoms with Crippen LogP contribution in [0.15, 0.2) is 29.8 Å². The first-order valence-electron chi connectivity index (χ1n) is 8.01. The van der Waals surface area contributed by atoms with Crippen molar-refractivity contribution in [3.05, 3.63) is 35.4 Å². The molecule has 0 saturated carbocycles. The topological polar surface area (TPSA) is 18.5 Å². The lowest BCUT2D eigenvalue weighted by Gasteiger charge is -2.34. The zero-order chi connectivity index (χ0) is 15.6. The number of rotatable bonds is 3. The van der Waals surface area contributed by atoms with Gasteiger partial charge in [0, 0.05) is 5.56 Å². The van der Waals surface area contributed by atoms with Crippen LogP contribution in [-0.2, 0) is 4.74 Å². The third kappa shape index (κ3) is 3.32. The molecule has 1 heterocycles. The van der Waals surface area contributed by atoms with Gasteiger partial charge in [0.15, 0.2) is 6.79 Å². The summed E-state index contributed by atoms with van der Waals surface area (Å²) in [5.41, 5.74) is 4.04. The van der Waals surface area contributed by atoms with Gasteiger partial charge in [-0.2, -0.15) is 0 Å². The van der Waals surface area contributed by atoms with E-state index < -0.39 is 0 Å². The van der Waals surface area contributed by atoms with Crippen molar-refractivity contribution >= 4 is 5.57 Å². The summed E-state index contributed by atoms with van der Waals surface area (Å²) >= 11 is 0. The first-order valence-corrected chi connectivity index (χ1v) is 8.01. The number of hydrogen-bond acceptors (Lipinski definition) is 2. The summed E-state index contributed by atoms with van der Waals surface area (Å²) in [5.74, 6) is 2.27. The maximum absolute atomic E-state index is 6.08. The van der Waals surface area contributed by atoms with Crippen molar-refractivity contribution in [3.8, 4) is 5.75 Å². The summed E-state index contributed by atoms with van der Waals surface area (Å²) in [5, 5.41) is 0. The largest absolute Gasteiger partial charge is 0.467 e. The molecule has 1 aromatic carbocycles. The number of benzene rings is 1. The molecule has 0 bridgehead atoms. The van der Waals surface area contributed by atoms with Gasteiger partial charge >= 0.3 is 0 Å². The van der Waals surface area contributed by atoms with Crippen molar-refractivity contribution in [3.63, 3.8) is 0 Å². The highest BCUT2D eigenvalue weighted by Crippen LogP contribution is 2.40. The van der Waals surface area contributed by atoms with E-state index in [1.165, 1.54) is 16.7 Å². The predicted octanol–water partition coefficient (Wildman–Crippen LogP) is 5.14. The van der Waals surface area contributed by atoms with E-state index in [4.69, 9.17) is 9.47 Å². The molecule has 2 rings (SSSR count). The Morgan fingerprint density at radius 2 is 1.62 bits per heavy atom.